The number of hydrogen-bond acceptors (Lipinski definition) is 5. The summed E-state index contributed by atoms with van der Waals surface area (Å²) in [6.07, 6.45) is 0.623. The van der Waals surface area contributed by atoms with Crippen LogP contribution in [0.5, 0.6) is 0 Å². The fourth-order valence-electron chi connectivity index (χ4n) is 6.25. The summed E-state index contributed by atoms with van der Waals surface area (Å²) in [5.41, 5.74) is 4.52. The normalized spacial score (nSPS) is 15.4. The van der Waals surface area contributed by atoms with Crippen LogP contribution in [0, 0.1) is 0 Å². The van der Waals surface area contributed by atoms with Crippen LogP contribution < -0.4 is 10.6 Å². The summed E-state index contributed by atoms with van der Waals surface area (Å²) >= 11 is 0. The Bertz CT molecular complexity index is 1900. The third-order valence-electron chi connectivity index (χ3n) is 8.21. The molecule has 42 heavy (non-hydrogen) atoms. The van der Waals surface area contributed by atoms with Gasteiger partial charge in [-0.3, -0.25) is 18.4 Å². The Hall–Kier alpha value is -3.99. The molecular weight excluding hydrogens is 540 g/mol. The first-order chi connectivity index (χ1) is 19.7. The first-order valence-electron chi connectivity index (χ1n) is 14.1. The van der Waals surface area contributed by atoms with Gasteiger partial charge in [-0.05, 0) is 43.7 Å². The minimum atomic E-state index is -2.70. The van der Waals surface area contributed by atoms with Gasteiger partial charge in [-0.2, -0.15) is 5.10 Å². The number of hydrogen-bond donors (Lipinski definition) is 0. The fourth-order valence-corrected chi connectivity index (χ4v) is 6.25. The Morgan fingerprint density at radius 2 is 1.76 bits per heavy atom. The summed E-state index contributed by atoms with van der Waals surface area (Å²) in [5.74, 6) is 0.732. The third kappa shape index (κ3) is 4.33. The van der Waals surface area contributed by atoms with E-state index in [0.29, 0.717) is 41.9 Å². The van der Waals surface area contributed by atoms with Gasteiger partial charge in [0.05, 0.1) is 39.6 Å². The van der Waals surface area contributed by atoms with Gasteiger partial charge in [0, 0.05) is 63.6 Å². The summed E-state index contributed by atoms with van der Waals surface area (Å²) < 4.78 is 42.0. The zero-order chi connectivity index (χ0) is 30.3. The van der Waals surface area contributed by atoms with Crippen LogP contribution in [0.1, 0.15) is 52.4 Å². The van der Waals surface area contributed by atoms with Gasteiger partial charge in [-0.25, -0.2) is 18.6 Å². The number of aryl methyl sites for hydroxylation is 3. The first kappa shape index (κ1) is 28.1. The van der Waals surface area contributed by atoms with Crippen molar-refractivity contribution in [1.29, 1.82) is 0 Å². The highest BCUT2D eigenvalue weighted by molar-refractivity contribution is 5.94. The molecular formula is C31H37F2N7O2. The lowest BCUT2D eigenvalue weighted by molar-refractivity contribution is -0.0444. The molecule has 0 saturated carbocycles. The van der Waals surface area contributed by atoms with Crippen LogP contribution in [0.15, 0.2) is 41.5 Å². The number of ether oxygens (including phenoxy) is 1. The highest BCUT2D eigenvalue weighted by Gasteiger charge is 2.41. The highest BCUT2D eigenvalue weighted by Crippen LogP contribution is 2.41. The molecule has 0 amide bonds. The second-order valence-electron chi connectivity index (χ2n) is 12.6. The number of aromatic nitrogens is 6. The number of anilines is 1. The summed E-state index contributed by atoms with van der Waals surface area (Å²) in [6.45, 7) is 12.2. The number of benzene rings is 2. The van der Waals surface area contributed by atoms with Gasteiger partial charge in [0.25, 0.3) is 6.43 Å². The Morgan fingerprint density at radius 1 is 1.05 bits per heavy atom. The van der Waals surface area contributed by atoms with Crippen molar-refractivity contribution in [3.8, 4) is 16.8 Å². The van der Waals surface area contributed by atoms with Gasteiger partial charge in [0.1, 0.15) is 11.4 Å². The van der Waals surface area contributed by atoms with Crippen LogP contribution in [-0.2, 0) is 31.3 Å². The molecule has 1 aliphatic heterocycles. The van der Waals surface area contributed by atoms with Crippen LogP contribution in [0.2, 0.25) is 0 Å². The molecule has 0 bridgehead atoms. The molecule has 2 aromatic carbocycles. The molecule has 0 aliphatic carbocycles. The van der Waals surface area contributed by atoms with Gasteiger partial charge in [0.2, 0.25) is 0 Å². The lowest BCUT2D eigenvalue weighted by atomic mass is 9.94. The molecule has 5 aromatic rings. The molecule has 1 saturated heterocycles. The molecule has 1 aliphatic rings. The number of fused-ring (bicyclic) bond motifs is 2. The van der Waals surface area contributed by atoms with Crippen molar-refractivity contribution in [3.63, 3.8) is 0 Å². The SMILES string of the molecule is CCOC1(C)CN(c2cc(-n3c(C(C)(C)C)nc4cc(-c5cnn(C)c5)c(C(F)F)cc43)cc3c2n(C)c(=O)n3C)C1. The van der Waals surface area contributed by atoms with Crippen LogP contribution in [0.25, 0.3) is 38.9 Å². The van der Waals surface area contributed by atoms with Gasteiger partial charge >= 0.3 is 5.69 Å². The number of alkyl halides is 2. The summed E-state index contributed by atoms with van der Waals surface area (Å²) in [4.78, 5) is 20.3. The predicted octanol–water partition coefficient (Wildman–Crippen LogP) is 5.47. The van der Waals surface area contributed by atoms with Crippen LogP contribution in [0.3, 0.4) is 0 Å². The molecule has 0 unspecified atom stereocenters. The Labute approximate surface area is 242 Å². The van der Waals surface area contributed by atoms with Gasteiger partial charge in [-0.1, -0.05) is 20.8 Å². The maximum absolute atomic E-state index is 14.6. The van der Waals surface area contributed by atoms with E-state index in [-0.39, 0.29) is 16.9 Å². The standard InChI is InChI=1S/C31H37F2N7O2/c1-9-42-31(5)16-39(17-31)25-11-19(10-24-26(25)38(8)29(41)37(24)7)40-23-13-21(27(32)33)20(18-14-34-36(6)15-18)12-22(23)35-28(40)30(2,3)4/h10-15,27H,9,16-17H2,1-8H3. The number of imidazole rings is 2. The minimum Gasteiger partial charge on any atom is -0.372 e. The van der Waals surface area contributed by atoms with Crippen molar-refractivity contribution in [2.75, 3.05) is 24.6 Å². The maximum Gasteiger partial charge on any atom is 0.328 e. The van der Waals surface area contributed by atoms with Crippen LogP contribution >= 0.6 is 0 Å². The Balaban J connectivity index is 1.64. The molecule has 11 heteroatoms. The Morgan fingerprint density at radius 3 is 2.36 bits per heavy atom. The number of halogens is 2. The van der Waals surface area contributed by atoms with Gasteiger partial charge < -0.3 is 9.64 Å². The zero-order valence-electron chi connectivity index (χ0n) is 25.4. The van der Waals surface area contributed by atoms with E-state index < -0.39 is 11.8 Å². The third-order valence-corrected chi connectivity index (χ3v) is 8.21. The van der Waals surface area contributed by atoms with Crippen molar-refractivity contribution in [3.05, 3.63) is 58.5 Å². The minimum absolute atomic E-state index is 0.0826. The molecule has 0 N–H and O–H groups in total. The molecule has 222 valence electrons. The van der Waals surface area contributed by atoms with Crippen molar-refractivity contribution < 1.29 is 13.5 Å². The van der Waals surface area contributed by atoms with E-state index in [1.54, 1.807) is 59.5 Å². The van der Waals surface area contributed by atoms with E-state index in [4.69, 9.17) is 9.72 Å². The van der Waals surface area contributed by atoms with Gasteiger partial charge in [0.15, 0.2) is 0 Å². The van der Waals surface area contributed by atoms with Crippen molar-refractivity contribution in [1.82, 2.24) is 28.5 Å². The lowest BCUT2D eigenvalue weighted by Gasteiger charge is -2.49. The fraction of sp³-hybridized carbons (Fsp3) is 0.452. The molecule has 0 spiro atoms. The molecule has 4 heterocycles. The summed E-state index contributed by atoms with van der Waals surface area (Å²) in [7, 11) is 5.29. The van der Waals surface area contributed by atoms with E-state index in [0.717, 1.165) is 28.2 Å². The van der Waals surface area contributed by atoms with Crippen molar-refractivity contribution in [2.24, 2.45) is 21.1 Å². The second kappa shape index (κ2) is 9.52. The predicted molar refractivity (Wildman–Crippen MR) is 161 cm³/mol. The summed E-state index contributed by atoms with van der Waals surface area (Å²) in [6, 6.07) is 7.28. The van der Waals surface area contributed by atoms with E-state index in [9.17, 15) is 13.6 Å². The quantitative estimate of drug-likeness (QED) is 0.268. The topological polar surface area (TPSA) is 75.0 Å². The second-order valence-corrected chi connectivity index (χ2v) is 12.6. The largest absolute Gasteiger partial charge is 0.372 e. The Kier molecular flexibility index (Phi) is 6.38. The average Bonchev–Trinajstić information content (AvgIpc) is 3.57. The molecule has 0 radical (unpaired) electrons. The maximum atomic E-state index is 14.6. The monoisotopic (exact) mass is 577 g/mol. The molecule has 1 fully saturated rings. The lowest BCUT2D eigenvalue weighted by Crippen LogP contribution is -2.61. The van der Waals surface area contributed by atoms with E-state index in [1.165, 1.54) is 0 Å². The van der Waals surface area contributed by atoms with Crippen LogP contribution in [0.4, 0.5) is 14.5 Å². The first-order valence-corrected chi connectivity index (χ1v) is 14.1. The average molecular weight is 578 g/mol. The van der Waals surface area contributed by atoms with Crippen molar-refractivity contribution in [2.45, 2.75) is 52.1 Å². The zero-order valence-corrected chi connectivity index (χ0v) is 25.4. The van der Waals surface area contributed by atoms with Crippen molar-refractivity contribution >= 4 is 27.8 Å². The van der Waals surface area contributed by atoms with E-state index in [1.807, 2.05) is 23.6 Å². The van der Waals surface area contributed by atoms with E-state index >= 15 is 0 Å². The molecule has 3 aromatic heterocycles. The van der Waals surface area contributed by atoms with Crippen LogP contribution in [-0.4, -0.2) is 53.8 Å². The highest BCUT2D eigenvalue weighted by atomic mass is 19.3. The molecule has 6 rings (SSSR count). The molecule has 0 atom stereocenters. The summed E-state index contributed by atoms with van der Waals surface area (Å²) in [5, 5.41) is 4.19. The molecule has 9 nitrogen and oxygen atoms in total. The smallest absolute Gasteiger partial charge is 0.328 e. The number of rotatable bonds is 6. The van der Waals surface area contributed by atoms with E-state index in [2.05, 4.69) is 37.7 Å². The van der Waals surface area contributed by atoms with Gasteiger partial charge in [-0.15, -0.1) is 0 Å². The number of nitrogens with zero attached hydrogens (tertiary/aromatic N) is 7.